The smallest absolute Gasteiger partial charge is 0.183 e. The summed E-state index contributed by atoms with van der Waals surface area (Å²) in [5.74, 6) is 0. The van der Waals surface area contributed by atoms with Gasteiger partial charge in [-0.3, -0.25) is 0 Å². The Labute approximate surface area is 76.5 Å². The second kappa shape index (κ2) is 4.96. The fourth-order valence-corrected chi connectivity index (χ4v) is 1.57. The van der Waals surface area contributed by atoms with Crippen molar-refractivity contribution >= 4 is 8.32 Å². The highest BCUT2D eigenvalue weighted by atomic mass is 28.4. The minimum absolute atomic E-state index is 0.318. The molecule has 0 spiro atoms. The van der Waals surface area contributed by atoms with Crippen LogP contribution in [0.4, 0.5) is 0 Å². The van der Waals surface area contributed by atoms with Crippen LogP contribution in [-0.4, -0.2) is 46.8 Å². The molecule has 0 aromatic heterocycles. The number of rotatable bonds is 5. The molecule has 0 saturated heterocycles. The Balaban J connectivity index is 3.51. The number of hydrogen-bond acceptors (Lipinski definition) is 2. The quantitative estimate of drug-likeness (QED) is 0.567. The van der Waals surface area contributed by atoms with Crippen molar-refractivity contribution in [2.45, 2.75) is 25.7 Å². The minimum atomic E-state index is -1.44. The summed E-state index contributed by atoms with van der Waals surface area (Å²) in [6.07, 6.45) is -0.318. The molecule has 4 heteroatoms. The first kappa shape index (κ1) is 12.1. The Morgan fingerprint density at radius 1 is 1.33 bits per heavy atom. The normalized spacial score (nSPS) is 15.2. The molecule has 12 heavy (non-hydrogen) atoms. The lowest BCUT2D eigenvalue weighted by Crippen LogP contribution is -3.07. The summed E-state index contributed by atoms with van der Waals surface area (Å²) >= 11 is 0. The van der Waals surface area contributed by atoms with E-state index in [0.29, 0.717) is 6.61 Å². The maximum atomic E-state index is 9.46. The van der Waals surface area contributed by atoms with Crippen LogP contribution in [0.5, 0.6) is 0 Å². The van der Waals surface area contributed by atoms with Gasteiger partial charge in [0.15, 0.2) is 8.32 Å². The van der Waals surface area contributed by atoms with Crippen LogP contribution >= 0.6 is 0 Å². The number of quaternary nitrogens is 1. The summed E-state index contributed by atoms with van der Waals surface area (Å²) in [5.41, 5.74) is 0. The van der Waals surface area contributed by atoms with Crippen molar-refractivity contribution in [2.75, 3.05) is 27.2 Å². The van der Waals surface area contributed by atoms with Gasteiger partial charge in [0.25, 0.3) is 0 Å². The zero-order chi connectivity index (χ0) is 9.78. The molecule has 1 unspecified atom stereocenters. The summed E-state index contributed by atoms with van der Waals surface area (Å²) < 4.78 is 5.57. The van der Waals surface area contributed by atoms with Crippen LogP contribution in [0.1, 0.15) is 0 Å². The molecule has 0 aliphatic rings. The van der Waals surface area contributed by atoms with E-state index in [9.17, 15) is 5.11 Å². The van der Waals surface area contributed by atoms with Crippen LogP contribution < -0.4 is 4.90 Å². The first-order valence-electron chi connectivity index (χ1n) is 4.42. The van der Waals surface area contributed by atoms with Gasteiger partial charge in [0, 0.05) is 0 Å². The maximum Gasteiger partial charge on any atom is 0.183 e. The third-order valence-electron chi connectivity index (χ3n) is 1.35. The first-order valence-corrected chi connectivity index (χ1v) is 7.83. The third-order valence-corrected chi connectivity index (χ3v) is 2.39. The van der Waals surface area contributed by atoms with Crippen LogP contribution in [0.3, 0.4) is 0 Å². The standard InChI is InChI=1S/C8H21NO2Si/c1-9(2)6-8(10)7-11-12(3,4)5/h8,10H,6-7H2,1-5H3/p+1. The molecule has 0 radical (unpaired) electrons. The molecule has 2 N–H and O–H groups in total. The Morgan fingerprint density at radius 2 is 1.83 bits per heavy atom. The highest BCUT2D eigenvalue weighted by Crippen LogP contribution is 2.02. The van der Waals surface area contributed by atoms with Crippen LogP contribution in [0.2, 0.25) is 19.6 Å². The lowest BCUT2D eigenvalue weighted by Gasteiger charge is -2.20. The van der Waals surface area contributed by atoms with E-state index in [4.69, 9.17) is 4.43 Å². The van der Waals surface area contributed by atoms with Gasteiger partial charge in [-0.05, 0) is 19.6 Å². The van der Waals surface area contributed by atoms with Crippen molar-refractivity contribution in [3.05, 3.63) is 0 Å². The largest absolute Gasteiger partial charge is 0.415 e. The fraction of sp³-hybridized carbons (Fsp3) is 1.00. The van der Waals surface area contributed by atoms with Gasteiger partial charge in [0.2, 0.25) is 0 Å². The van der Waals surface area contributed by atoms with Crippen molar-refractivity contribution in [2.24, 2.45) is 0 Å². The van der Waals surface area contributed by atoms with Crippen molar-refractivity contribution in [1.82, 2.24) is 0 Å². The van der Waals surface area contributed by atoms with Crippen LogP contribution in [0.15, 0.2) is 0 Å². The molecule has 3 nitrogen and oxygen atoms in total. The molecule has 0 bridgehead atoms. The van der Waals surface area contributed by atoms with Gasteiger partial charge in [0.1, 0.15) is 12.6 Å². The van der Waals surface area contributed by atoms with Gasteiger partial charge in [-0.1, -0.05) is 0 Å². The molecule has 0 aliphatic carbocycles. The predicted octanol–water partition coefficient (Wildman–Crippen LogP) is -0.657. The average Bonchev–Trinajstić information content (AvgIpc) is 1.80. The summed E-state index contributed by atoms with van der Waals surface area (Å²) in [4.78, 5) is 1.25. The Morgan fingerprint density at radius 3 is 2.17 bits per heavy atom. The van der Waals surface area contributed by atoms with E-state index in [1.165, 1.54) is 4.90 Å². The lowest BCUT2D eigenvalue weighted by molar-refractivity contribution is -0.861. The summed E-state index contributed by atoms with van der Waals surface area (Å²) in [5, 5.41) is 9.46. The van der Waals surface area contributed by atoms with E-state index in [1.54, 1.807) is 0 Å². The molecule has 0 aromatic rings. The van der Waals surface area contributed by atoms with E-state index >= 15 is 0 Å². The van der Waals surface area contributed by atoms with Crippen molar-refractivity contribution in [1.29, 1.82) is 0 Å². The van der Waals surface area contributed by atoms with Crippen molar-refractivity contribution in [3.8, 4) is 0 Å². The second-order valence-corrected chi connectivity index (χ2v) is 9.00. The SMILES string of the molecule is C[NH+](C)CC(O)CO[Si](C)(C)C. The molecular formula is C8H22NO2Si+. The van der Waals surface area contributed by atoms with E-state index in [2.05, 4.69) is 19.6 Å². The number of nitrogens with one attached hydrogen (secondary N) is 1. The number of aliphatic hydroxyl groups is 1. The van der Waals surface area contributed by atoms with Gasteiger partial charge in [0.05, 0.1) is 20.7 Å². The Hall–Kier alpha value is 0.0969. The van der Waals surface area contributed by atoms with Gasteiger partial charge in [-0.25, -0.2) is 0 Å². The lowest BCUT2D eigenvalue weighted by atomic mass is 10.4. The topological polar surface area (TPSA) is 33.9 Å². The highest BCUT2D eigenvalue weighted by molar-refractivity contribution is 6.69. The summed E-state index contributed by atoms with van der Waals surface area (Å²) in [6.45, 7) is 7.62. The van der Waals surface area contributed by atoms with Gasteiger partial charge >= 0.3 is 0 Å². The minimum Gasteiger partial charge on any atom is -0.415 e. The van der Waals surface area contributed by atoms with Crippen molar-refractivity contribution < 1.29 is 14.4 Å². The van der Waals surface area contributed by atoms with E-state index in [-0.39, 0.29) is 6.10 Å². The van der Waals surface area contributed by atoms with Gasteiger partial charge < -0.3 is 14.4 Å². The maximum absolute atomic E-state index is 9.46. The van der Waals surface area contributed by atoms with E-state index in [1.807, 2.05) is 14.1 Å². The Bertz CT molecular complexity index is 123. The predicted molar refractivity (Wildman–Crippen MR) is 53.0 cm³/mol. The zero-order valence-electron chi connectivity index (χ0n) is 8.85. The van der Waals surface area contributed by atoms with Crippen LogP contribution in [-0.2, 0) is 4.43 Å². The molecule has 0 heterocycles. The molecule has 0 aromatic carbocycles. The number of likely N-dealkylation sites (N-methyl/N-ethyl adjacent to an activating group) is 1. The highest BCUT2D eigenvalue weighted by Gasteiger charge is 2.17. The van der Waals surface area contributed by atoms with Crippen molar-refractivity contribution in [3.63, 3.8) is 0 Å². The third kappa shape index (κ3) is 8.20. The number of aliphatic hydroxyl groups excluding tert-OH is 1. The monoisotopic (exact) mass is 192 g/mol. The molecular weight excluding hydrogens is 170 g/mol. The van der Waals surface area contributed by atoms with E-state index in [0.717, 1.165) is 6.54 Å². The van der Waals surface area contributed by atoms with Crippen LogP contribution in [0, 0.1) is 0 Å². The molecule has 0 amide bonds. The summed E-state index contributed by atoms with van der Waals surface area (Å²) in [6, 6.07) is 0. The molecule has 1 atom stereocenters. The summed E-state index contributed by atoms with van der Waals surface area (Å²) in [7, 11) is 2.61. The van der Waals surface area contributed by atoms with Crippen LogP contribution in [0.25, 0.3) is 0 Å². The first-order chi connectivity index (χ1) is 5.31. The number of hydrogen-bond donors (Lipinski definition) is 2. The average molecular weight is 192 g/mol. The molecule has 74 valence electrons. The molecule has 0 aliphatic heterocycles. The van der Waals surface area contributed by atoms with Gasteiger partial charge in [-0.2, -0.15) is 0 Å². The molecule has 0 rings (SSSR count). The fourth-order valence-electron chi connectivity index (χ4n) is 0.876. The van der Waals surface area contributed by atoms with E-state index < -0.39 is 8.32 Å². The second-order valence-electron chi connectivity index (χ2n) is 4.49. The molecule has 0 saturated carbocycles. The Kier molecular flexibility index (Phi) is 5.00. The zero-order valence-corrected chi connectivity index (χ0v) is 9.85. The molecule has 0 fully saturated rings. The van der Waals surface area contributed by atoms with Gasteiger partial charge in [-0.15, -0.1) is 0 Å².